The van der Waals surface area contributed by atoms with Gasteiger partial charge in [0.15, 0.2) is 0 Å². The zero-order chi connectivity index (χ0) is 18.2. The molecule has 1 saturated heterocycles. The number of ether oxygens (including phenoxy) is 1. The molecule has 0 radical (unpaired) electrons. The molecule has 1 heterocycles. The summed E-state index contributed by atoms with van der Waals surface area (Å²) in [6, 6.07) is 7.60. The Morgan fingerprint density at radius 2 is 1.83 bits per heavy atom. The number of hydrogen-bond acceptors (Lipinski definition) is 5. The van der Waals surface area contributed by atoms with Gasteiger partial charge < -0.3 is 10.1 Å². The Bertz CT molecular complexity index is 739. The number of hydrogen-bond donors (Lipinski definition) is 1. The zero-order valence-corrected chi connectivity index (χ0v) is 15.0. The molecule has 1 fully saturated rings. The molecule has 7 nitrogen and oxygen atoms in total. The number of nitrogens with one attached hydrogen (secondary N) is 1. The van der Waals surface area contributed by atoms with Gasteiger partial charge in [-0.2, -0.15) is 0 Å². The van der Waals surface area contributed by atoms with Gasteiger partial charge >= 0.3 is 6.09 Å². The highest BCUT2D eigenvalue weighted by Gasteiger charge is 2.56. The first-order valence-electron chi connectivity index (χ1n) is 7.59. The summed E-state index contributed by atoms with van der Waals surface area (Å²) in [5, 5.41) is 2.53. The SMILES string of the molecule is CC(C)(C)OC(=O)N1CCNC(=O)C1(C)S(=O)(=O)c1ccccc1. The summed E-state index contributed by atoms with van der Waals surface area (Å²) in [6.45, 7) is 6.48. The summed E-state index contributed by atoms with van der Waals surface area (Å²) in [7, 11) is -4.15. The normalized spacial score (nSPS) is 22.0. The van der Waals surface area contributed by atoms with Crippen LogP contribution in [0.25, 0.3) is 0 Å². The number of nitrogens with zero attached hydrogens (tertiary/aromatic N) is 1. The highest BCUT2D eigenvalue weighted by molar-refractivity contribution is 7.93. The average Bonchev–Trinajstić information content (AvgIpc) is 2.49. The minimum absolute atomic E-state index is 0.0295. The third-order valence-electron chi connectivity index (χ3n) is 3.75. The number of amides is 2. The van der Waals surface area contributed by atoms with Crippen molar-refractivity contribution in [1.29, 1.82) is 0 Å². The van der Waals surface area contributed by atoms with Gasteiger partial charge in [0.05, 0.1) is 4.90 Å². The van der Waals surface area contributed by atoms with E-state index in [-0.39, 0.29) is 18.0 Å². The van der Waals surface area contributed by atoms with E-state index in [2.05, 4.69) is 5.32 Å². The molecule has 1 atom stereocenters. The molecule has 0 aromatic heterocycles. The lowest BCUT2D eigenvalue weighted by Crippen LogP contribution is -2.68. The minimum Gasteiger partial charge on any atom is -0.444 e. The third-order valence-corrected chi connectivity index (χ3v) is 6.09. The molecule has 1 aliphatic rings. The average molecular weight is 354 g/mol. The van der Waals surface area contributed by atoms with Crippen LogP contribution in [0.1, 0.15) is 27.7 Å². The lowest BCUT2D eigenvalue weighted by molar-refractivity contribution is -0.130. The van der Waals surface area contributed by atoms with E-state index >= 15 is 0 Å². The van der Waals surface area contributed by atoms with Crippen LogP contribution in [0.4, 0.5) is 4.79 Å². The van der Waals surface area contributed by atoms with E-state index in [0.29, 0.717) is 0 Å². The molecule has 1 aromatic rings. The van der Waals surface area contributed by atoms with Crippen LogP contribution in [0.15, 0.2) is 35.2 Å². The van der Waals surface area contributed by atoms with E-state index in [1.807, 2.05) is 0 Å². The maximum atomic E-state index is 13.1. The second kappa shape index (κ2) is 6.08. The lowest BCUT2D eigenvalue weighted by atomic mass is 10.2. The smallest absolute Gasteiger partial charge is 0.412 e. The maximum absolute atomic E-state index is 13.1. The molecule has 0 saturated carbocycles. The van der Waals surface area contributed by atoms with Gasteiger partial charge in [-0.1, -0.05) is 18.2 Å². The number of rotatable bonds is 2. The van der Waals surface area contributed by atoms with Gasteiger partial charge in [-0.05, 0) is 39.8 Å². The maximum Gasteiger partial charge on any atom is 0.412 e. The van der Waals surface area contributed by atoms with Gasteiger partial charge in [0, 0.05) is 13.1 Å². The zero-order valence-electron chi connectivity index (χ0n) is 14.2. The summed E-state index contributed by atoms with van der Waals surface area (Å²) in [6.07, 6.45) is -0.834. The summed E-state index contributed by atoms with van der Waals surface area (Å²) in [5.41, 5.74) is -0.803. The van der Waals surface area contributed by atoms with Crippen LogP contribution in [0.5, 0.6) is 0 Å². The van der Waals surface area contributed by atoms with Gasteiger partial charge in [0.1, 0.15) is 5.60 Å². The fourth-order valence-corrected chi connectivity index (χ4v) is 4.21. The van der Waals surface area contributed by atoms with Crippen molar-refractivity contribution >= 4 is 21.8 Å². The van der Waals surface area contributed by atoms with Gasteiger partial charge in [-0.25, -0.2) is 13.2 Å². The first-order chi connectivity index (χ1) is 11.0. The van der Waals surface area contributed by atoms with E-state index < -0.39 is 32.3 Å². The van der Waals surface area contributed by atoms with E-state index in [4.69, 9.17) is 4.74 Å². The van der Waals surface area contributed by atoms with Crippen LogP contribution in [-0.4, -0.2) is 48.9 Å². The van der Waals surface area contributed by atoms with Crippen molar-refractivity contribution in [1.82, 2.24) is 10.2 Å². The number of piperazine rings is 1. The summed E-state index contributed by atoms with van der Waals surface area (Å²) in [5.74, 6) is -0.747. The number of carbonyl (C=O) groups is 2. The molecule has 132 valence electrons. The Labute approximate surface area is 141 Å². The third kappa shape index (κ3) is 3.10. The molecule has 1 aliphatic heterocycles. The van der Waals surface area contributed by atoms with Crippen molar-refractivity contribution in [2.45, 2.75) is 43.1 Å². The molecule has 0 spiro atoms. The second-order valence-corrected chi connectivity index (χ2v) is 8.96. The Balaban J connectivity index is 2.52. The Hall–Kier alpha value is -2.09. The fraction of sp³-hybridized carbons (Fsp3) is 0.500. The van der Waals surface area contributed by atoms with Crippen molar-refractivity contribution < 1.29 is 22.7 Å². The molecule has 24 heavy (non-hydrogen) atoms. The van der Waals surface area contributed by atoms with Crippen molar-refractivity contribution in [2.75, 3.05) is 13.1 Å². The van der Waals surface area contributed by atoms with Crippen LogP contribution in [0.3, 0.4) is 0 Å². The molecule has 1 N–H and O–H groups in total. The largest absolute Gasteiger partial charge is 0.444 e. The monoisotopic (exact) mass is 354 g/mol. The molecule has 1 aromatic carbocycles. The van der Waals surface area contributed by atoms with Crippen LogP contribution in [0.2, 0.25) is 0 Å². The molecule has 2 rings (SSSR count). The Morgan fingerprint density at radius 3 is 2.38 bits per heavy atom. The standard InChI is InChI=1S/C16H22N2O5S/c1-15(2,3)23-14(20)18-11-10-17-13(19)16(18,4)24(21,22)12-8-6-5-7-9-12/h5-9H,10-11H2,1-4H3,(H,17,19). The van der Waals surface area contributed by atoms with Crippen LogP contribution in [-0.2, 0) is 19.4 Å². The predicted molar refractivity (Wildman–Crippen MR) is 88.0 cm³/mol. The van der Waals surface area contributed by atoms with Crippen molar-refractivity contribution in [3.63, 3.8) is 0 Å². The molecule has 8 heteroatoms. The van der Waals surface area contributed by atoms with Crippen molar-refractivity contribution in [3.8, 4) is 0 Å². The number of benzene rings is 1. The van der Waals surface area contributed by atoms with Crippen molar-refractivity contribution in [3.05, 3.63) is 30.3 Å². The van der Waals surface area contributed by atoms with Crippen LogP contribution in [0, 0.1) is 0 Å². The Kier molecular flexibility index (Phi) is 4.63. The highest BCUT2D eigenvalue weighted by atomic mass is 32.2. The van der Waals surface area contributed by atoms with E-state index in [1.54, 1.807) is 39.0 Å². The van der Waals surface area contributed by atoms with E-state index in [0.717, 1.165) is 4.90 Å². The van der Waals surface area contributed by atoms with Crippen LogP contribution >= 0.6 is 0 Å². The van der Waals surface area contributed by atoms with Crippen molar-refractivity contribution in [2.24, 2.45) is 0 Å². The Morgan fingerprint density at radius 1 is 1.25 bits per heavy atom. The van der Waals surface area contributed by atoms with Gasteiger partial charge in [-0.15, -0.1) is 0 Å². The second-order valence-electron chi connectivity index (χ2n) is 6.69. The molecule has 1 unspecified atom stereocenters. The fourth-order valence-electron chi connectivity index (χ4n) is 2.46. The van der Waals surface area contributed by atoms with E-state index in [9.17, 15) is 18.0 Å². The topological polar surface area (TPSA) is 92.8 Å². The first kappa shape index (κ1) is 18.3. The highest BCUT2D eigenvalue weighted by Crippen LogP contribution is 2.32. The molecule has 0 bridgehead atoms. The van der Waals surface area contributed by atoms with Crippen LogP contribution < -0.4 is 5.32 Å². The van der Waals surface area contributed by atoms with Gasteiger partial charge in [0.25, 0.3) is 5.91 Å². The molecule has 2 amide bonds. The summed E-state index contributed by atoms with van der Waals surface area (Å²) < 4.78 is 31.5. The quantitative estimate of drug-likeness (QED) is 0.870. The molecular formula is C16H22N2O5S. The minimum atomic E-state index is -4.15. The predicted octanol–water partition coefficient (Wildman–Crippen LogP) is 1.54. The lowest BCUT2D eigenvalue weighted by Gasteiger charge is -2.42. The first-order valence-corrected chi connectivity index (χ1v) is 9.07. The number of carbonyl (C=O) groups excluding carboxylic acids is 2. The van der Waals surface area contributed by atoms with E-state index in [1.165, 1.54) is 19.1 Å². The molecular weight excluding hydrogens is 332 g/mol. The molecule has 0 aliphatic carbocycles. The summed E-state index contributed by atoms with van der Waals surface area (Å²) in [4.78, 5) is 23.9. The summed E-state index contributed by atoms with van der Waals surface area (Å²) >= 11 is 0. The number of sulfone groups is 1. The van der Waals surface area contributed by atoms with Gasteiger partial charge in [-0.3, -0.25) is 9.69 Å². The van der Waals surface area contributed by atoms with Gasteiger partial charge in [0.2, 0.25) is 14.7 Å².